The maximum Gasteiger partial charge on any atom is 0.136 e. The maximum atomic E-state index is 12.5. The van der Waals surface area contributed by atoms with Crippen LogP contribution < -0.4 is 0 Å². The van der Waals surface area contributed by atoms with E-state index in [-0.39, 0.29) is 0 Å². The summed E-state index contributed by atoms with van der Waals surface area (Å²) >= 11 is 0. The lowest BCUT2D eigenvalue weighted by Gasteiger charge is -2.38. The van der Waals surface area contributed by atoms with Crippen LogP contribution in [0.1, 0.15) is 56.9 Å². The molecule has 2 unspecified atom stereocenters. The Hall–Kier alpha value is -1.41. The molecule has 2 atom stereocenters. The number of fused-ring (bicyclic) bond motifs is 2. The molecule has 0 aliphatic carbocycles. The number of hydrogen-bond acceptors (Lipinski definition) is 2. The van der Waals surface area contributed by atoms with Crippen molar-refractivity contribution in [2.45, 2.75) is 70.0 Å². The molecule has 3 rings (SSSR count). The zero-order valence-electron chi connectivity index (χ0n) is 14.1. The second kappa shape index (κ2) is 7.92. The first-order chi connectivity index (χ1) is 11.3. The van der Waals surface area contributed by atoms with Crippen molar-refractivity contribution in [2.24, 2.45) is 5.92 Å². The van der Waals surface area contributed by atoms with E-state index in [0.29, 0.717) is 23.8 Å². The molecule has 124 valence electrons. The van der Waals surface area contributed by atoms with Crippen LogP contribution in [0.2, 0.25) is 0 Å². The van der Waals surface area contributed by atoms with Crippen molar-refractivity contribution in [3.8, 4) is 0 Å². The Kier molecular flexibility index (Phi) is 5.66. The Morgan fingerprint density at radius 3 is 2.48 bits per heavy atom. The number of nitrogens with zero attached hydrogens (tertiary/aromatic N) is 1. The van der Waals surface area contributed by atoms with Crippen molar-refractivity contribution >= 4 is 5.78 Å². The molecular weight excluding hydrogens is 282 g/mol. The van der Waals surface area contributed by atoms with Crippen molar-refractivity contribution in [2.75, 3.05) is 0 Å². The van der Waals surface area contributed by atoms with Crippen molar-refractivity contribution in [3.63, 3.8) is 0 Å². The molecule has 0 saturated carbocycles. The summed E-state index contributed by atoms with van der Waals surface area (Å²) in [5, 5.41) is 0. The lowest BCUT2D eigenvalue weighted by atomic mass is 9.85. The monoisotopic (exact) mass is 311 g/mol. The van der Waals surface area contributed by atoms with Crippen molar-refractivity contribution < 1.29 is 4.79 Å². The number of rotatable bonds is 8. The van der Waals surface area contributed by atoms with E-state index in [9.17, 15) is 4.79 Å². The lowest BCUT2D eigenvalue weighted by Crippen LogP contribution is -2.44. The fourth-order valence-corrected chi connectivity index (χ4v) is 4.38. The van der Waals surface area contributed by atoms with Crippen LogP contribution in [-0.2, 0) is 11.3 Å². The molecule has 0 spiro atoms. The van der Waals surface area contributed by atoms with E-state index in [1.807, 2.05) is 6.08 Å². The molecule has 0 N–H and O–H groups in total. The normalized spacial score (nSPS) is 27.0. The molecule has 2 fully saturated rings. The molecule has 2 saturated heterocycles. The van der Waals surface area contributed by atoms with Crippen molar-refractivity contribution in [1.82, 2.24) is 4.90 Å². The molecule has 2 heteroatoms. The van der Waals surface area contributed by atoms with Crippen LogP contribution in [0, 0.1) is 5.92 Å². The third kappa shape index (κ3) is 4.11. The standard InChI is InChI=1S/C21H29NO/c1-2-3-4-8-11-21(23)18-14-19-12-13-20(15-18)22(19)16-17-9-6-5-7-10-17/h2,5-7,9-10,18-20H,1,3-4,8,11-16H2. The molecule has 2 nitrogen and oxygen atoms in total. The Bertz CT molecular complexity index is 510. The average molecular weight is 311 g/mol. The van der Waals surface area contributed by atoms with E-state index in [1.54, 1.807) is 0 Å². The summed E-state index contributed by atoms with van der Waals surface area (Å²) in [4.78, 5) is 15.2. The predicted molar refractivity (Wildman–Crippen MR) is 95.2 cm³/mol. The number of unbranched alkanes of at least 4 members (excludes halogenated alkanes) is 2. The summed E-state index contributed by atoms with van der Waals surface area (Å²) in [7, 11) is 0. The second-order valence-corrected chi connectivity index (χ2v) is 7.21. The molecular formula is C21H29NO. The van der Waals surface area contributed by atoms with Crippen molar-refractivity contribution in [1.29, 1.82) is 0 Å². The quantitative estimate of drug-likeness (QED) is 0.510. The van der Waals surface area contributed by atoms with Gasteiger partial charge in [0, 0.05) is 31.0 Å². The highest BCUT2D eigenvalue weighted by atomic mass is 16.1. The fraction of sp³-hybridized carbons (Fsp3) is 0.571. The van der Waals surface area contributed by atoms with Gasteiger partial charge in [0.05, 0.1) is 0 Å². The third-order valence-electron chi connectivity index (χ3n) is 5.63. The molecule has 23 heavy (non-hydrogen) atoms. The van der Waals surface area contributed by atoms with Crippen LogP contribution in [0.3, 0.4) is 0 Å². The van der Waals surface area contributed by atoms with E-state index in [2.05, 4.69) is 41.8 Å². The average Bonchev–Trinajstić information content (AvgIpc) is 2.81. The summed E-state index contributed by atoms with van der Waals surface area (Å²) < 4.78 is 0. The SMILES string of the molecule is C=CCCCCC(=O)C1CC2CCC(C1)N2Cc1ccccc1. The van der Waals surface area contributed by atoms with E-state index < -0.39 is 0 Å². The first kappa shape index (κ1) is 16.4. The van der Waals surface area contributed by atoms with Gasteiger partial charge in [0.2, 0.25) is 0 Å². The zero-order chi connectivity index (χ0) is 16.1. The minimum atomic E-state index is 0.322. The second-order valence-electron chi connectivity index (χ2n) is 7.21. The first-order valence-corrected chi connectivity index (χ1v) is 9.21. The Morgan fingerprint density at radius 1 is 1.13 bits per heavy atom. The van der Waals surface area contributed by atoms with Gasteiger partial charge in [-0.05, 0) is 50.5 Å². The van der Waals surface area contributed by atoms with E-state index in [4.69, 9.17) is 0 Å². The minimum absolute atomic E-state index is 0.322. The zero-order valence-corrected chi connectivity index (χ0v) is 14.1. The molecule has 0 radical (unpaired) electrons. The van der Waals surface area contributed by atoms with Gasteiger partial charge in [-0.1, -0.05) is 36.4 Å². The summed E-state index contributed by atoms with van der Waals surface area (Å²) in [5.74, 6) is 0.841. The summed E-state index contributed by atoms with van der Waals surface area (Å²) in [6.07, 6.45) is 10.6. The van der Waals surface area contributed by atoms with Gasteiger partial charge >= 0.3 is 0 Å². The van der Waals surface area contributed by atoms with Crippen LogP contribution in [0.4, 0.5) is 0 Å². The highest BCUT2D eigenvalue weighted by molar-refractivity contribution is 5.81. The van der Waals surface area contributed by atoms with Gasteiger partial charge in [-0.3, -0.25) is 9.69 Å². The molecule has 2 heterocycles. The van der Waals surface area contributed by atoms with Crippen LogP contribution in [0.15, 0.2) is 43.0 Å². The molecule has 0 amide bonds. The number of benzene rings is 1. The van der Waals surface area contributed by atoms with Gasteiger partial charge in [-0.15, -0.1) is 6.58 Å². The van der Waals surface area contributed by atoms with Gasteiger partial charge in [-0.2, -0.15) is 0 Å². The van der Waals surface area contributed by atoms with Crippen LogP contribution in [-0.4, -0.2) is 22.8 Å². The highest BCUT2D eigenvalue weighted by Crippen LogP contribution is 2.40. The molecule has 1 aromatic rings. The van der Waals surface area contributed by atoms with Crippen molar-refractivity contribution in [3.05, 3.63) is 48.6 Å². The van der Waals surface area contributed by atoms with Crippen LogP contribution in [0.25, 0.3) is 0 Å². The molecule has 2 aliphatic rings. The maximum absolute atomic E-state index is 12.5. The molecule has 0 aromatic heterocycles. The summed E-state index contributed by atoms with van der Waals surface area (Å²) in [6.45, 7) is 4.80. The summed E-state index contributed by atoms with van der Waals surface area (Å²) in [5.41, 5.74) is 1.40. The van der Waals surface area contributed by atoms with Crippen LogP contribution >= 0.6 is 0 Å². The van der Waals surface area contributed by atoms with Gasteiger partial charge < -0.3 is 0 Å². The number of ketones is 1. The van der Waals surface area contributed by atoms with E-state index in [1.165, 1.54) is 18.4 Å². The van der Waals surface area contributed by atoms with E-state index >= 15 is 0 Å². The Balaban J connectivity index is 1.52. The largest absolute Gasteiger partial charge is 0.299 e. The number of carbonyl (C=O) groups excluding carboxylic acids is 1. The summed E-state index contributed by atoms with van der Waals surface area (Å²) in [6, 6.07) is 12.0. The van der Waals surface area contributed by atoms with Gasteiger partial charge in [0.15, 0.2) is 0 Å². The van der Waals surface area contributed by atoms with E-state index in [0.717, 1.165) is 45.1 Å². The molecule has 2 bridgehead atoms. The third-order valence-corrected chi connectivity index (χ3v) is 5.63. The lowest BCUT2D eigenvalue weighted by molar-refractivity contribution is -0.125. The Labute approximate surface area is 140 Å². The fourth-order valence-electron chi connectivity index (χ4n) is 4.38. The minimum Gasteiger partial charge on any atom is -0.299 e. The van der Waals surface area contributed by atoms with Gasteiger partial charge in [0.25, 0.3) is 0 Å². The number of piperidine rings is 1. The van der Waals surface area contributed by atoms with Gasteiger partial charge in [-0.25, -0.2) is 0 Å². The highest BCUT2D eigenvalue weighted by Gasteiger charge is 2.42. The first-order valence-electron chi connectivity index (χ1n) is 9.21. The predicted octanol–water partition coefficient (Wildman–Crippen LogP) is 4.75. The topological polar surface area (TPSA) is 20.3 Å². The number of allylic oxidation sites excluding steroid dienone is 1. The van der Waals surface area contributed by atoms with Gasteiger partial charge in [0.1, 0.15) is 5.78 Å². The smallest absolute Gasteiger partial charge is 0.136 e. The van der Waals surface area contributed by atoms with Crippen LogP contribution in [0.5, 0.6) is 0 Å². The number of carbonyl (C=O) groups is 1. The number of Topliss-reactive ketones (excluding diaryl/α,β-unsaturated/α-hetero) is 1. The Morgan fingerprint density at radius 2 is 1.83 bits per heavy atom. The molecule has 1 aromatic carbocycles. The molecule has 2 aliphatic heterocycles. The number of hydrogen-bond donors (Lipinski definition) is 0.